The first-order valence-corrected chi connectivity index (χ1v) is 4.60. The quantitative estimate of drug-likeness (QED) is 0.629. The zero-order chi connectivity index (χ0) is 10.6. The van der Waals surface area contributed by atoms with Crippen LogP contribution >= 0.6 is 0 Å². The number of esters is 2. The van der Waals surface area contributed by atoms with E-state index in [2.05, 4.69) is 14.8 Å². The monoisotopic (exact) mass is 201 g/mol. The molecule has 0 spiro atoms. The van der Waals surface area contributed by atoms with Crippen molar-refractivity contribution in [2.75, 3.05) is 14.2 Å². The third-order valence-electron chi connectivity index (χ3n) is 2.36. The molecule has 0 aromatic rings. The lowest BCUT2D eigenvalue weighted by atomic mass is 9.99. The van der Waals surface area contributed by atoms with Gasteiger partial charge in [-0.3, -0.25) is 14.9 Å². The van der Waals surface area contributed by atoms with E-state index < -0.39 is 0 Å². The highest BCUT2D eigenvalue weighted by Crippen LogP contribution is 2.14. The lowest BCUT2D eigenvalue weighted by molar-refractivity contribution is -0.148. The van der Waals surface area contributed by atoms with Crippen LogP contribution in [0, 0.1) is 0 Å². The molecule has 80 valence electrons. The van der Waals surface area contributed by atoms with Crippen molar-refractivity contribution in [1.82, 2.24) is 5.32 Å². The van der Waals surface area contributed by atoms with Gasteiger partial charge in [-0.1, -0.05) is 0 Å². The topological polar surface area (TPSA) is 64.6 Å². The Balaban J connectivity index is 2.51. The molecule has 1 saturated heterocycles. The molecule has 1 rings (SSSR count). The van der Waals surface area contributed by atoms with Crippen LogP contribution in [0.1, 0.15) is 19.3 Å². The van der Waals surface area contributed by atoms with Gasteiger partial charge < -0.3 is 9.47 Å². The largest absolute Gasteiger partial charge is 0.468 e. The van der Waals surface area contributed by atoms with Crippen LogP contribution in [-0.2, 0) is 19.1 Å². The summed E-state index contributed by atoms with van der Waals surface area (Å²) < 4.78 is 9.20. The lowest BCUT2D eigenvalue weighted by Crippen LogP contribution is -2.50. The van der Waals surface area contributed by atoms with Crippen molar-refractivity contribution >= 4 is 11.9 Å². The van der Waals surface area contributed by atoms with Crippen LogP contribution in [0.25, 0.3) is 0 Å². The molecule has 5 nitrogen and oxygen atoms in total. The van der Waals surface area contributed by atoms with E-state index in [4.69, 9.17) is 0 Å². The summed E-state index contributed by atoms with van der Waals surface area (Å²) >= 11 is 0. The lowest BCUT2D eigenvalue weighted by Gasteiger charge is -2.27. The Labute approximate surface area is 82.8 Å². The number of piperidine rings is 1. The number of carbonyl (C=O) groups is 2. The van der Waals surface area contributed by atoms with Crippen LogP contribution in [0.3, 0.4) is 0 Å². The van der Waals surface area contributed by atoms with Crippen molar-refractivity contribution in [1.29, 1.82) is 0 Å². The van der Waals surface area contributed by atoms with Gasteiger partial charge in [0.2, 0.25) is 0 Å². The predicted molar refractivity (Wildman–Crippen MR) is 48.6 cm³/mol. The Morgan fingerprint density at radius 2 is 1.50 bits per heavy atom. The third kappa shape index (κ3) is 2.45. The average Bonchev–Trinajstić information content (AvgIpc) is 2.27. The molecular weight excluding hydrogens is 186 g/mol. The molecule has 5 heteroatoms. The minimum atomic E-state index is -0.377. The van der Waals surface area contributed by atoms with Crippen molar-refractivity contribution in [3.63, 3.8) is 0 Å². The van der Waals surface area contributed by atoms with E-state index in [0.29, 0.717) is 12.8 Å². The van der Waals surface area contributed by atoms with Gasteiger partial charge in [-0.05, 0) is 19.3 Å². The van der Waals surface area contributed by atoms with Crippen molar-refractivity contribution in [2.45, 2.75) is 31.3 Å². The van der Waals surface area contributed by atoms with Gasteiger partial charge in [0, 0.05) is 0 Å². The molecule has 0 unspecified atom stereocenters. The molecule has 1 fully saturated rings. The Hall–Kier alpha value is -1.10. The zero-order valence-corrected chi connectivity index (χ0v) is 8.41. The molecular formula is C9H15NO4. The van der Waals surface area contributed by atoms with Crippen LogP contribution in [0.5, 0.6) is 0 Å². The van der Waals surface area contributed by atoms with Gasteiger partial charge in [0.15, 0.2) is 0 Å². The summed E-state index contributed by atoms with van der Waals surface area (Å²) in [5, 5.41) is 2.91. The molecule has 0 saturated carbocycles. The number of hydrogen-bond donors (Lipinski definition) is 1. The SMILES string of the molecule is COC(=O)[C@@H]1CCC[C@H](C(=O)OC)N1. The zero-order valence-electron chi connectivity index (χ0n) is 8.41. The molecule has 1 heterocycles. The molecule has 0 aromatic carbocycles. The fourth-order valence-corrected chi connectivity index (χ4v) is 1.59. The third-order valence-corrected chi connectivity index (χ3v) is 2.36. The van der Waals surface area contributed by atoms with Gasteiger partial charge >= 0.3 is 11.9 Å². The van der Waals surface area contributed by atoms with E-state index in [9.17, 15) is 9.59 Å². The van der Waals surface area contributed by atoms with E-state index in [1.165, 1.54) is 14.2 Å². The standard InChI is InChI=1S/C9H15NO4/c1-13-8(11)6-4-3-5-7(10-6)9(12)14-2/h6-7,10H,3-5H2,1-2H3/t6-,7+. The van der Waals surface area contributed by atoms with Gasteiger partial charge in [0.25, 0.3) is 0 Å². The van der Waals surface area contributed by atoms with E-state index in [1.54, 1.807) is 0 Å². The molecule has 0 bridgehead atoms. The number of nitrogens with one attached hydrogen (secondary N) is 1. The summed E-state index contributed by atoms with van der Waals surface area (Å²) in [6, 6.07) is -0.754. The molecule has 0 amide bonds. The second-order valence-corrected chi connectivity index (χ2v) is 3.25. The molecule has 0 aromatic heterocycles. The van der Waals surface area contributed by atoms with E-state index in [1.807, 2.05) is 0 Å². The van der Waals surface area contributed by atoms with E-state index in [-0.39, 0.29) is 24.0 Å². The highest BCUT2D eigenvalue weighted by Gasteiger charge is 2.31. The van der Waals surface area contributed by atoms with Crippen LogP contribution < -0.4 is 5.32 Å². The van der Waals surface area contributed by atoms with Gasteiger partial charge in [0.1, 0.15) is 12.1 Å². The number of ether oxygens (including phenoxy) is 2. The normalized spacial score (nSPS) is 26.7. The van der Waals surface area contributed by atoms with Crippen molar-refractivity contribution < 1.29 is 19.1 Å². The summed E-state index contributed by atoms with van der Waals surface area (Å²) in [4.78, 5) is 22.4. The van der Waals surface area contributed by atoms with Gasteiger partial charge in [-0.2, -0.15) is 0 Å². The summed E-state index contributed by atoms with van der Waals surface area (Å²) in [7, 11) is 2.68. The molecule has 2 atom stereocenters. The average molecular weight is 201 g/mol. The second-order valence-electron chi connectivity index (χ2n) is 3.25. The maximum Gasteiger partial charge on any atom is 0.322 e. The second kappa shape index (κ2) is 4.95. The summed E-state index contributed by atoms with van der Waals surface area (Å²) in [5.41, 5.74) is 0. The van der Waals surface area contributed by atoms with Gasteiger partial charge in [0.05, 0.1) is 14.2 Å². The Bertz CT molecular complexity index is 207. The summed E-state index contributed by atoms with van der Waals surface area (Å²) in [5.74, 6) is -0.641. The molecule has 0 radical (unpaired) electrons. The first-order chi connectivity index (χ1) is 6.69. The van der Waals surface area contributed by atoms with Crippen LogP contribution in [0.15, 0.2) is 0 Å². The summed E-state index contributed by atoms with van der Waals surface area (Å²) in [6.07, 6.45) is 2.24. The minimum absolute atomic E-state index is 0.321. The van der Waals surface area contributed by atoms with Crippen LogP contribution in [0.4, 0.5) is 0 Å². The smallest absolute Gasteiger partial charge is 0.322 e. The molecule has 1 aliphatic heterocycles. The number of carbonyl (C=O) groups excluding carboxylic acids is 2. The molecule has 1 aliphatic rings. The maximum absolute atomic E-state index is 11.2. The highest BCUT2D eigenvalue weighted by atomic mass is 16.5. The number of hydrogen-bond acceptors (Lipinski definition) is 5. The van der Waals surface area contributed by atoms with Crippen LogP contribution in [-0.4, -0.2) is 38.2 Å². The summed E-state index contributed by atoms with van der Waals surface area (Å²) in [6.45, 7) is 0. The predicted octanol–water partition coefficient (Wildman–Crippen LogP) is -0.157. The minimum Gasteiger partial charge on any atom is -0.468 e. The first kappa shape index (κ1) is 11.0. The molecule has 14 heavy (non-hydrogen) atoms. The fourth-order valence-electron chi connectivity index (χ4n) is 1.59. The van der Waals surface area contributed by atoms with Crippen molar-refractivity contribution in [3.05, 3.63) is 0 Å². The van der Waals surface area contributed by atoms with E-state index >= 15 is 0 Å². The number of methoxy groups -OCH3 is 2. The number of rotatable bonds is 2. The molecule has 0 aliphatic carbocycles. The molecule has 1 N–H and O–H groups in total. The van der Waals surface area contributed by atoms with E-state index in [0.717, 1.165) is 6.42 Å². The Morgan fingerprint density at radius 3 is 1.86 bits per heavy atom. The maximum atomic E-state index is 11.2. The fraction of sp³-hybridized carbons (Fsp3) is 0.778. The van der Waals surface area contributed by atoms with Crippen molar-refractivity contribution in [2.24, 2.45) is 0 Å². The van der Waals surface area contributed by atoms with Crippen molar-refractivity contribution in [3.8, 4) is 0 Å². The highest BCUT2D eigenvalue weighted by molar-refractivity contribution is 5.80. The van der Waals surface area contributed by atoms with Gasteiger partial charge in [-0.25, -0.2) is 0 Å². The first-order valence-electron chi connectivity index (χ1n) is 4.60. The Kier molecular flexibility index (Phi) is 3.88. The van der Waals surface area contributed by atoms with Crippen LogP contribution in [0.2, 0.25) is 0 Å². The Morgan fingerprint density at radius 1 is 1.07 bits per heavy atom. The van der Waals surface area contributed by atoms with Gasteiger partial charge in [-0.15, -0.1) is 0 Å².